The van der Waals surface area contributed by atoms with Crippen LogP contribution in [-0.4, -0.2) is 17.1 Å². The highest BCUT2D eigenvalue weighted by molar-refractivity contribution is 5.83. The Morgan fingerprint density at radius 3 is 2.37 bits per heavy atom. The number of aliphatic carboxylic acids is 1. The number of rotatable bonds is 5. The largest absolute Gasteiger partial charge is 0.480 e. The summed E-state index contributed by atoms with van der Waals surface area (Å²) < 4.78 is 0. The van der Waals surface area contributed by atoms with Crippen LogP contribution in [0.1, 0.15) is 13.3 Å². The molecule has 0 heterocycles. The quantitative estimate of drug-likeness (QED) is 0.857. The van der Waals surface area contributed by atoms with E-state index in [4.69, 9.17) is 5.11 Å². The summed E-state index contributed by atoms with van der Waals surface area (Å²) in [6, 6.07) is 17.1. The van der Waals surface area contributed by atoms with Gasteiger partial charge in [0.25, 0.3) is 0 Å². The third-order valence-electron chi connectivity index (χ3n) is 3.05. The molecule has 0 radical (unpaired) electrons. The van der Waals surface area contributed by atoms with Crippen LogP contribution in [0.25, 0.3) is 11.1 Å². The van der Waals surface area contributed by atoms with Crippen LogP contribution in [-0.2, 0) is 4.79 Å². The first-order valence-corrected chi connectivity index (χ1v) is 6.36. The summed E-state index contributed by atoms with van der Waals surface area (Å²) in [7, 11) is 0. The van der Waals surface area contributed by atoms with E-state index in [1.54, 1.807) is 0 Å². The van der Waals surface area contributed by atoms with Crippen molar-refractivity contribution in [1.29, 1.82) is 0 Å². The van der Waals surface area contributed by atoms with Crippen molar-refractivity contribution in [3.8, 4) is 11.1 Å². The second kappa shape index (κ2) is 6.05. The number of carbonyl (C=O) groups is 1. The summed E-state index contributed by atoms with van der Waals surface area (Å²) in [5.74, 6) is -0.828. The van der Waals surface area contributed by atoms with Crippen molar-refractivity contribution in [2.24, 2.45) is 0 Å². The highest BCUT2D eigenvalue weighted by atomic mass is 16.4. The van der Waals surface area contributed by atoms with E-state index in [1.165, 1.54) is 0 Å². The molecule has 2 aromatic rings. The summed E-state index contributed by atoms with van der Waals surface area (Å²) >= 11 is 0. The second-order valence-electron chi connectivity index (χ2n) is 4.36. The monoisotopic (exact) mass is 255 g/mol. The first-order chi connectivity index (χ1) is 9.22. The van der Waals surface area contributed by atoms with E-state index >= 15 is 0 Å². The van der Waals surface area contributed by atoms with Gasteiger partial charge in [-0.1, -0.05) is 55.5 Å². The Hall–Kier alpha value is -2.29. The van der Waals surface area contributed by atoms with E-state index < -0.39 is 12.0 Å². The van der Waals surface area contributed by atoms with Crippen LogP contribution in [0.15, 0.2) is 54.6 Å². The molecule has 0 saturated heterocycles. The lowest BCUT2D eigenvalue weighted by atomic mass is 10.0. The van der Waals surface area contributed by atoms with Gasteiger partial charge in [0.15, 0.2) is 0 Å². The number of carboxylic acids is 1. The fourth-order valence-electron chi connectivity index (χ4n) is 2.00. The van der Waals surface area contributed by atoms with Crippen LogP contribution in [0, 0.1) is 0 Å². The van der Waals surface area contributed by atoms with Gasteiger partial charge in [0.2, 0.25) is 0 Å². The van der Waals surface area contributed by atoms with E-state index in [-0.39, 0.29) is 0 Å². The van der Waals surface area contributed by atoms with Crippen molar-refractivity contribution in [2.75, 3.05) is 5.32 Å². The zero-order valence-electron chi connectivity index (χ0n) is 10.8. The Kier molecular flexibility index (Phi) is 4.18. The molecule has 2 N–H and O–H groups in total. The molecule has 0 aliphatic heterocycles. The highest BCUT2D eigenvalue weighted by Gasteiger charge is 2.16. The molecule has 0 aromatic heterocycles. The van der Waals surface area contributed by atoms with Crippen LogP contribution in [0.4, 0.5) is 5.69 Å². The number of nitrogens with one attached hydrogen (secondary N) is 1. The van der Waals surface area contributed by atoms with Gasteiger partial charge in [0.05, 0.1) is 0 Å². The average Bonchev–Trinajstić information content (AvgIpc) is 2.45. The molecule has 0 amide bonds. The van der Waals surface area contributed by atoms with Gasteiger partial charge >= 0.3 is 5.97 Å². The van der Waals surface area contributed by atoms with Gasteiger partial charge in [-0.3, -0.25) is 0 Å². The maximum Gasteiger partial charge on any atom is 0.326 e. The number of benzene rings is 2. The summed E-state index contributed by atoms with van der Waals surface area (Å²) in [5, 5.41) is 12.2. The van der Waals surface area contributed by atoms with Crippen molar-refractivity contribution in [1.82, 2.24) is 0 Å². The Morgan fingerprint density at radius 1 is 1.11 bits per heavy atom. The maximum absolute atomic E-state index is 11.1. The lowest BCUT2D eigenvalue weighted by Gasteiger charge is -2.17. The van der Waals surface area contributed by atoms with Crippen molar-refractivity contribution < 1.29 is 9.90 Å². The van der Waals surface area contributed by atoms with Crippen LogP contribution in [0.5, 0.6) is 0 Å². The lowest BCUT2D eigenvalue weighted by molar-refractivity contribution is -0.137. The van der Waals surface area contributed by atoms with Gasteiger partial charge in [0, 0.05) is 11.3 Å². The number of hydrogen-bond donors (Lipinski definition) is 2. The molecule has 0 aliphatic rings. The number of anilines is 1. The summed E-state index contributed by atoms with van der Waals surface area (Å²) in [6.45, 7) is 1.86. The highest BCUT2D eigenvalue weighted by Crippen LogP contribution is 2.28. The van der Waals surface area contributed by atoms with Crippen molar-refractivity contribution in [2.45, 2.75) is 19.4 Å². The van der Waals surface area contributed by atoms with Crippen molar-refractivity contribution in [3.63, 3.8) is 0 Å². The third-order valence-corrected chi connectivity index (χ3v) is 3.05. The molecule has 2 rings (SSSR count). The summed E-state index contributed by atoms with van der Waals surface area (Å²) in [5.41, 5.74) is 2.94. The number of para-hydroxylation sites is 1. The topological polar surface area (TPSA) is 49.3 Å². The molecule has 19 heavy (non-hydrogen) atoms. The van der Waals surface area contributed by atoms with Gasteiger partial charge < -0.3 is 10.4 Å². The first-order valence-electron chi connectivity index (χ1n) is 6.36. The molecule has 1 unspecified atom stereocenters. The fourth-order valence-corrected chi connectivity index (χ4v) is 2.00. The first kappa shape index (κ1) is 13.1. The van der Waals surface area contributed by atoms with Crippen molar-refractivity contribution in [3.05, 3.63) is 54.6 Å². The van der Waals surface area contributed by atoms with Crippen LogP contribution >= 0.6 is 0 Å². The Balaban J connectivity index is 2.34. The molecule has 3 heteroatoms. The predicted molar refractivity (Wildman–Crippen MR) is 77.2 cm³/mol. The molecule has 3 nitrogen and oxygen atoms in total. The smallest absolute Gasteiger partial charge is 0.326 e. The lowest BCUT2D eigenvalue weighted by Crippen LogP contribution is -2.28. The van der Waals surface area contributed by atoms with E-state index in [1.807, 2.05) is 61.5 Å². The van der Waals surface area contributed by atoms with Gasteiger partial charge in [-0.15, -0.1) is 0 Å². The van der Waals surface area contributed by atoms with Gasteiger partial charge in [0.1, 0.15) is 6.04 Å². The molecular weight excluding hydrogens is 238 g/mol. The Labute approximate surface area is 112 Å². The van der Waals surface area contributed by atoms with Crippen molar-refractivity contribution >= 4 is 11.7 Å². The molecule has 0 aliphatic carbocycles. The van der Waals surface area contributed by atoms with Crippen LogP contribution in [0.3, 0.4) is 0 Å². The molecule has 2 aromatic carbocycles. The van der Waals surface area contributed by atoms with Gasteiger partial charge in [-0.25, -0.2) is 4.79 Å². The number of hydrogen-bond acceptors (Lipinski definition) is 2. The predicted octanol–water partition coefficient (Wildman–Crippen LogP) is 3.63. The van der Waals surface area contributed by atoms with Gasteiger partial charge in [-0.05, 0) is 18.1 Å². The van der Waals surface area contributed by atoms with Crippen LogP contribution < -0.4 is 5.32 Å². The third kappa shape index (κ3) is 3.13. The molecule has 1 atom stereocenters. The zero-order valence-corrected chi connectivity index (χ0v) is 10.8. The van der Waals surface area contributed by atoms with E-state index in [2.05, 4.69) is 5.32 Å². The zero-order chi connectivity index (χ0) is 13.7. The molecular formula is C16H17NO2. The molecule has 0 spiro atoms. The fraction of sp³-hybridized carbons (Fsp3) is 0.188. The number of carboxylic acid groups (broad SMARTS) is 1. The normalized spacial score (nSPS) is 11.8. The second-order valence-corrected chi connectivity index (χ2v) is 4.36. The minimum atomic E-state index is -0.828. The molecule has 0 saturated carbocycles. The van der Waals surface area contributed by atoms with E-state index in [0.717, 1.165) is 16.8 Å². The maximum atomic E-state index is 11.1. The Bertz CT molecular complexity index is 552. The van der Waals surface area contributed by atoms with E-state index in [9.17, 15) is 4.79 Å². The van der Waals surface area contributed by atoms with Crippen LogP contribution in [0.2, 0.25) is 0 Å². The minimum Gasteiger partial charge on any atom is -0.480 e. The van der Waals surface area contributed by atoms with E-state index in [0.29, 0.717) is 6.42 Å². The minimum absolute atomic E-state index is 0.540. The molecule has 0 bridgehead atoms. The Morgan fingerprint density at radius 2 is 1.74 bits per heavy atom. The average molecular weight is 255 g/mol. The molecule has 0 fully saturated rings. The summed E-state index contributed by atoms with van der Waals surface area (Å²) in [6.07, 6.45) is 0.540. The molecule has 98 valence electrons. The van der Waals surface area contributed by atoms with Gasteiger partial charge in [-0.2, -0.15) is 0 Å². The summed E-state index contributed by atoms with van der Waals surface area (Å²) in [4.78, 5) is 11.1. The standard InChI is InChI=1S/C16H17NO2/c1-2-14(16(18)19)17-15-11-7-6-10-13(15)12-8-4-3-5-9-12/h3-11,14,17H,2H2,1H3,(H,18,19). The SMILES string of the molecule is CCC(Nc1ccccc1-c1ccccc1)C(=O)O.